The second kappa shape index (κ2) is 7.27. The van der Waals surface area contributed by atoms with E-state index in [0.717, 1.165) is 19.5 Å². The fourth-order valence-electron chi connectivity index (χ4n) is 2.14. The third-order valence-electron chi connectivity index (χ3n) is 3.22. The van der Waals surface area contributed by atoms with Gasteiger partial charge in [0, 0.05) is 19.1 Å². The number of esters is 1. The van der Waals surface area contributed by atoms with Crippen molar-refractivity contribution in [1.82, 2.24) is 10.2 Å². The predicted molar refractivity (Wildman–Crippen MR) is 64.5 cm³/mol. The van der Waals surface area contributed by atoms with Crippen molar-refractivity contribution in [2.75, 3.05) is 26.7 Å². The second-order valence-corrected chi connectivity index (χ2v) is 4.48. The highest BCUT2D eigenvalue weighted by molar-refractivity contribution is 6.32. The summed E-state index contributed by atoms with van der Waals surface area (Å²) in [6.45, 7) is 4.89. The highest BCUT2D eigenvalue weighted by Crippen LogP contribution is 2.15. The van der Waals surface area contributed by atoms with Crippen LogP contribution in [0.15, 0.2) is 0 Å². The lowest BCUT2D eigenvalue weighted by molar-refractivity contribution is -0.152. The van der Waals surface area contributed by atoms with Crippen molar-refractivity contribution in [3.63, 3.8) is 0 Å². The van der Waals surface area contributed by atoms with Crippen molar-refractivity contribution in [2.24, 2.45) is 0 Å². The highest BCUT2D eigenvalue weighted by atomic mass is 16.5. The number of hydrogen-bond donors (Lipinski definition) is 1. The van der Waals surface area contributed by atoms with Gasteiger partial charge in [-0.2, -0.15) is 0 Å². The van der Waals surface area contributed by atoms with E-state index in [1.807, 2.05) is 0 Å². The van der Waals surface area contributed by atoms with Gasteiger partial charge >= 0.3 is 11.9 Å². The summed E-state index contributed by atoms with van der Waals surface area (Å²) in [5.41, 5.74) is 0. The van der Waals surface area contributed by atoms with Gasteiger partial charge in [-0.05, 0) is 32.7 Å². The average molecular weight is 242 g/mol. The minimum atomic E-state index is -0.823. The summed E-state index contributed by atoms with van der Waals surface area (Å²) in [6, 6.07) is 0.639. The van der Waals surface area contributed by atoms with Gasteiger partial charge in [-0.1, -0.05) is 6.42 Å². The largest absolute Gasteiger partial charge is 0.462 e. The zero-order valence-corrected chi connectivity index (χ0v) is 10.7. The molecule has 0 aromatic carbocycles. The maximum absolute atomic E-state index is 11.1. The normalized spacial score (nSPS) is 20.9. The molecule has 1 saturated heterocycles. The predicted octanol–water partition coefficient (Wildman–Crippen LogP) is 0.540. The Kier molecular flexibility index (Phi) is 5.97. The number of rotatable bonds is 4. The molecule has 1 aliphatic rings. The number of amides is 1. The number of ether oxygens (including phenoxy) is 1. The van der Waals surface area contributed by atoms with Crippen LogP contribution in [0.1, 0.15) is 32.6 Å². The molecule has 1 aliphatic heterocycles. The lowest BCUT2D eigenvalue weighted by atomic mass is 10.0. The first-order chi connectivity index (χ1) is 8.15. The van der Waals surface area contributed by atoms with E-state index in [4.69, 9.17) is 0 Å². The summed E-state index contributed by atoms with van der Waals surface area (Å²) < 4.78 is 4.31. The molecule has 0 saturated carbocycles. The minimum absolute atomic E-state index is 0.525. The fraction of sp³-hybridized carbons (Fsp3) is 0.833. The van der Waals surface area contributed by atoms with Crippen molar-refractivity contribution >= 4 is 11.9 Å². The fourth-order valence-corrected chi connectivity index (χ4v) is 2.14. The molecule has 0 spiro atoms. The van der Waals surface area contributed by atoms with Crippen LogP contribution < -0.4 is 5.32 Å². The number of methoxy groups -OCH3 is 1. The molecule has 1 N–H and O–H groups in total. The molecule has 1 atom stereocenters. The van der Waals surface area contributed by atoms with E-state index in [-0.39, 0.29) is 0 Å². The number of piperidine rings is 1. The molecule has 0 bridgehead atoms. The number of nitrogens with one attached hydrogen (secondary N) is 1. The Morgan fingerprint density at radius 3 is 2.82 bits per heavy atom. The zero-order valence-electron chi connectivity index (χ0n) is 10.7. The van der Waals surface area contributed by atoms with Crippen LogP contribution in [0, 0.1) is 0 Å². The summed E-state index contributed by atoms with van der Waals surface area (Å²) in [5.74, 6) is -1.48. The number of carbonyl (C=O) groups is 2. The summed E-state index contributed by atoms with van der Waals surface area (Å²) in [6.07, 6.45) is 4.71. The third kappa shape index (κ3) is 4.73. The van der Waals surface area contributed by atoms with E-state index >= 15 is 0 Å². The van der Waals surface area contributed by atoms with Gasteiger partial charge in [0.25, 0.3) is 0 Å². The molecule has 1 unspecified atom stereocenters. The summed E-state index contributed by atoms with van der Waals surface area (Å²) in [4.78, 5) is 24.3. The van der Waals surface area contributed by atoms with Gasteiger partial charge < -0.3 is 15.0 Å². The Morgan fingerprint density at radius 2 is 2.18 bits per heavy atom. The first kappa shape index (κ1) is 14.0. The van der Waals surface area contributed by atoms with Crippen molar-refractivity contribution in [1.29, 1.82) is 0 Å². The SMILES string of the molecule is COC(=O)C(=O)NCCCN1CCCCC1C. The number of likely N-dealkylation sites (tertiary alicyclic amines) is 1. The van der Waals surface area contributed by atoms with E-state index in [2.05, 4.69) is 21.9 Å². The van der Waals surface area contributed by atoms with E-state index in [0.29, 0.717) is 12.6 Å². The Labute approximate surface area is 102 Å². The van der Waals surface area contributed by atoms with Gasteiger partial charge in [0.05, 0.1) is 7.11 Å². The highest BCUT2D eigenvalue weighted by Gasteiger charge is 2.17. The van der Waals surface area contributed by atoms with Gasteiger partial charge in [-0.15, -0.1) is 0 Å². The summed E-state index contributed by atoms with van der Waals surface area (Å²) >= 11 is 0. The molecule has 1 heterocycles. The second-order valence-electron chi connectivity index (χ2n) is 4.48. The van der Waals surface area contributed by atoms with Crippen molar-refractivity contribution < 1.29 is 14.3 Å². The van der Waals surface area contributed by atoms with E-state index in [1.165, 1.54) is 26.4 Å². The van der Waals surface area contributed by atoms with Gasteiger partial charge in [-0.3, -0.25) is 4.79 Å². The Bertz CT molecular complexity index is 268. The first-order valence-electron chi connectivity index (χ1n) is 6.25. The van der Waals surface area contributed by atoms with Gasteiger partial charge in [0.2, 0.25) is 0 Å². The van der Waals surface area contributed by atoms with E-state index in [9.17, 15) is 9.59 Å². The maximum Gasteiger partial charge on any atom is 0.396 e. The molecule has 1 rings (SSSR count). The van der Waals surface area contributed by atoms with Crippen LogP contribution in [0.2, 0.25) is 0 Å². The van der Waals surface area contributed by atoms with Gasteiger partial charge in [-0.25, -0.2) is 4.79 Å². The molecular weight excluding hydrogens is 220 g/mol. The lowest BCUT2D eigenvalue weighted by Crippen LogP contribution is -2.40. The summed E-state index contributed by atoms with van der Waals surface area (Å²) in [7, 11) is 1.21. The monoisotopic (exact) mass is 242 g/mol. The van der Waals surface area contributed by atoms with Crippen molar-refractivity contribution in [2.45, 2.75) is 38.6 Å². The maximum atomic E-state index is 11.1. The van der Waals surface area contributed by atoms with Crippen LogP contribution in [0.3, 0.4) is 0 Å². The van der Waals surface area contributed by atoms with E-state index in [1.54, 1.807) is 0 Å². The van der Waals surface area contributed by atoms with Crippen LogP contribution in [0.5, 0.6) is 0 Å². The first-order valence-corrected chi connectivity index (χ1v) is 6.25. The van der Waals surface area contributed by atoms with Crippen molar-refractivity contribution in [3.05, 3.63) is 0 Å². The quantitative estimate of drug-likeness (QED) is 0.444. The molecule has 0 aromatic rings. The van der Waals surface area contributed by atoms with Crippen LogP contribution in [0.4, 0.5) is 0 Å². The Morgan fingerprint density at radius 1 is 1.41 bits per heavy atom. The molecule has 0 aliphatic carbocycles. The lowest BCUT2D eigenvalue weighted by Gasteiger charge is -2.33. The summed E-state index contributed by atoms with van der Waals surface area (Å²) in [5, 5.41) is 2.55. The number of hydrogen-bond acceptors (Lipinski definition) is 4. The van der Waals surface area contributed by atoms with Gasteiger partial charge in [0.1, 0.15) is 0 Å². The Balaban J connectivity index is 2.11. The molecule has 17 heavy (non-hydrogen) atoms. The van der Waals surface area contributed by atoms with Crippen molar-refractivity contribution in [3.8, 4) is 0 Å². The van der Waals surface area contributed by atoms with Crippen LogP contribution in [0.25, 0.3) is 0 Å². The third-order valence-corrected chi connectivity index (χ3v) is 3.22. The smallest absolute Gasteiger partial charge is 0.396 e. The zero-order chi connectivity index (χ0) is 12.7. The van der Waals surface area contributed by atoms with Crippen LogP contribution in [-0.4, -0.2) is 49.6 Å². The molecule has 98 valence electrons. The average Bonchev–Trinajstić information content (AvgIpc) is 2.35. The standard InChI is InChI=1S/C12H22N2O3/c1-10-6-3-4-8-14(10)9-5-7-13-11(15)12(16)17-2/h10H,3-9H2,1-2H3,(H,13,15). The molecule has 0 aromatic heterocycles. The number of nitrogens with zero attached hydrogens (tertiary/aromatic N) is 1. The number of carbonyl (C=O) groups excluding carboxylic acids is 2. The van der Waals surface area contributed by atoms with E-state index < -0.39 is 11.9 Å². The molecule has 1 amide bonds. The molecular formula is C12H22N2O3. The molecule has 5 heteroatoms. The Hall–Kier alpha value is -1.10. The molecule has 5 nitrogen and oxygen atoms in total. The molecule has 1 fully saturated rings. The van der Waals surface area contributed by atoms with Crippen LogP contribution >= 0.6 is 0 Å². The topological polar surface area (TPSA) is 58.6 Å². The van der Waals surface area contributed by atoms with Gasteiger partial charge in [0.15, 0.2) is 0 Å². The minimum Gasteiger partial charge on any atom is -0.462 e. The van der Waals surface area contributed by atoms with Crippen LogP contribution in [-0.2, 0) is 14.3 Å². The molecule has 0 radical (unpaired) electrons.